The Labute approximate surface area is 82.9 Å². The van der Waals surface area contributed by atoms with Crippen molar-refractivity contribution >= 4 is 16.7 Å². The van der Waals surface area contributed by atoms with Crippen LogP contribution in [0.2, 0.25) is 0 Å². The molecule has 5 heteroatoms. The average molecular weight is 219 g/mol. The van der Waals surface area contributed by atoms with Crippen LogP contribution in [0.4, 0.5) is 0 Å². The molecule has 13 heavy (non-hydrogen) atoms. The van der Waals surface area contributed by atoms with Crippen LogP contribution in [0.3, 0.4) is 0 Å². The van der Waals surface area contributed by atoms with E-state index in [4.69, 9.17) is 0 Å². The maximum absolute atomic E-state index is 4.20. The summed E-state index contributed by atoms with van der Waals surface area (Å²) in [5.74, 6) is 1.59. The van der Waals surface area contributed by atoms with Gasteiger partial charge in [-0.1, -0.05) is 0 Å². The molecule has 1 unspecified atom stereocenters. The Morgan fingerprint density at radius 3 is 2.54 bits per heavy atom. The molecule has 1 aromatic heterocycles. The molecule has 76 valence electrons. The third-order valence-corrected chi connectivity index (χ3v) is 7.68. The molecule has 1 aromatic rings. The van der Waals surface area contributed by atoms with Crippen LogP contribution in [0.5, 0.6) is 0 Å². The van der Waals surface area contributed by atoms with Crippen LogP contribution in [0.25, 0.3) is 0 Å². The normalized spacial score (nSPS) is 13.7. The van der Waals surface area contributed by atoms with Gasteiger partial charge in [-0.2, -0.15) is 0 Å². The molecule has 0 aromatic carbocycles. The first-order chi connectivity index (χ1) is 5.97. The third kappa shape index (κ3) is 2.48. The van der Waals surface area contributed by atoms with E-state index in [-0.39, 0.29) is 0 Å². The fraction of sp³-hybridized carbons (Fsp3) is 0.750. The topological polar surface area (TPSA) is 30.7 Å². The predicted octanol–water partition coefficient (Wildman–Crippen LogP) is 2.01. The molecule has 0 bridgehead atoms. The maximum atomic E-state index is 4.20. The Morgan fingerprint density at radius 1 is 1.54 bits per heavy atom. The number of nitrogens with zero attached hydrogens (tertiary/aromatic N) is 3. The molecule has 1 heterocycles. The number of rotatable bonds is 3. The van der Waals surface area contributed by atoms with Gasteiger partial charge in [-0.25, -0.2) is 0 Å². The van der Waals surface area contributed by atoms with E-state index in [1.54, 1.807) is 0 Å². The zero-order valence-electron chi connectivity index (χ0n) is 8.78. The van der Waals surface area contributed by atoms with Gasteiger partial charge in [0, 0.05) is 0 Å². The van der Waals surface area contributed by atoms with Gasteiger partial charge in [-0.05, 0) is 0 Å². The second-order valence-electron chi connectivity index (χ2n) is 4.26. The van der Waals surface area contributed by atoms with Gasteiger partial charge in [0.1, 0.15) is 0 Å². The molecule has 1 atom stereocenters. The fourth-order valence-corrected chi connectivity index (χ4v) is 2.45. The van der Waals surface area contributed by atoms with E-state index in [2.05, 4.69) is 57.4 Å². The summed E-state index contributed by atoms with van der Waals surface area (Å²) in [6, 6.07) is 0. The summed E-state index contributed by atoms with van der Waals surface area (Å²) in [4.78, 5) is 0. The third-order valence-electron chi connectivity index (χ3n) is 2.22. The van der Waals surface area contributed by atoms with Gasteiger partial charge in [0.05, 0.1) is 0 Å². The summed E-state index contributed by atoms with van der Waals surface area (Å²) in [6.07, 6.45) is 2.10. The molecule has 0 N–H and O–H groups in total. The molecule has 1 rings (SSSR count). The second-order valence-corrected chi connectivity index (χ2v) is 9.98. The van der Waals surface area contributed by atoms with Crippen molar-refractivity contribution in [3.63, 3.8) is 0 Å². The quantitative estimate of drug-likeness (QED) is 0.728. The van der Waals surface area contributed by atoms with Crippen LogP contribution < -0.4 is 0 Å². The summed E-state index contributed by atoms with van der Waals surface area (Å²) < 4.78 is 2.08. The van der Waals surface area contributed by atoms with Gasteiger partial charge in [0.2, 0.25) is 0 Å². The van der Waals surface area contributed by atoms with E-state index in [0.717, 1.165) is 11.6 Å². The van der Waals surface area contributed by atoms with Crippen molar-refractivity contribution in [2.45, 2.75) is 19.8 Å². The summed E-state index contributed by atoms with van der Waals surface area (Å²) in [5, 5.41) is 8.36. The Kier molecular flexibility index (Phi) is 3.43. The van der Waals surface area contributed by atoms with Gasteiger partial charge < -0.3 is 0 Å². The molecule has 0 amide bonds. The van der Waals surface area contributed by atoms with Crippen molar-refractivity contribution in [3.05, 3.63) is 11.9 Å². The molecule has 0 fully saturated rings. The Morgan fingerprint density at radius 2 is 2.15 bits per heavy atom. The average Bonchev–Trinajstić information content (AvgIpc) is 2.52. The van der Waals surface area contributed by atoms with Crippen LogP contribution >= 0.6 is 16.7 Å². The first-order valence-corrected chi connectivity index (χ1v) is 8.57. The molecule has 0 spiro atoms. The van der Waals surface area contributed by atoms with E-state index in [1.807, 2.05) is 0 Å². The number of aromatic nitrogens is 3. The van der Waals surface area contributed by atoms with Gasteiger partial charge >= 0.3 is 82.3 Å². The zero-order valence-corrected chi connectivity index (χ0v) is 10.9. The molecule has 3 nitrogen and oxygen atoms in total. The van der Waals surface area contributed by atoms with Crippen LogP contribution in [0.1, 0.15) is 25.5 Å². The van der Waals surface area contributed by atoms with Gasteiger partial charge in [0.25, 0.3) is 0 Å². The minimum absolute atomic E-state index is 0.475. The molecule has 0 saturated carbocycles. The minimum atomic E-state index is -1.37. The monoisotopic (exact) mass is 219 g/mol. The molecular weight excluding hydrogens is 200 g/mol. The Bertz CT molecular complexity index is 281. The van der Waals surface area contributed by atoms with E-state index in [0.29, 0.717) is 5.92 Å². The van der Waals surface area contributed by atoms with Crippen molar-refractivity contribution in [3.8, 4) is 0 Å². The first kappa shape index (κ1) is 11.1. The summed E-state index contributed by atoms with van der Waals surface area (Å²) in [5.41, 5.74) is 1.10. The Hall–Kier alpha value is -0.0000000000000000555. The van der Waals surface area contributed by atoms with Crippen LogP contribution in [-0.2, 0) is 0 Å². The van der Waals surface area contributed by atoms with Crippen molar-refractivity contribution in [2.24, 2.45) is 0 Å². The van der Waals surface area contributed by atoms with E-state index >= 15 is 0 Å². The molecule has 0 aliphatic heterocycles. The van der Waals surface area contributed by atoms with Crippen molar-refractivity contribution in [1.82, 2.24) is 14.8 Å². The van der Waals surface area contributed by atoms with Crippen molar-refractivity contribution < 1.29 is 0 Å². The van der Waals surface area contributed by atoms with Gasteiger partial charge in [-0.3, -0.25) is 0 Å². The second kappa shape index (κ2) is 4.02. The van der Waals surface area contributed by atoms with Crippen molar-refractivity contribution in [2.75, 3.05) is 19.2 Å². The van der Waals surface area contributed by atoms with E-state index < -0.39 is 7.41 Å². The zero-order chi connectivity index (χ0) is 10.1. The SMILES string of the molecule is CC(C)c1cn([PH](C)(C)CP)nn1. The van der Waals surface area contributed by atoms with E-state index in [1.165, 1.54) is 0 Å². The molecular formula is C8H19N3P2. The first-order valence-electron chi connectivity index (χ1n) is 4.60. The summed E-state index contributed by atoms with van der Waals surface area (Å²) in [6.45, 7) is 8.87. The number of hydrogen-bond donors (Lipinski definition) is 0. The van der Waals surface area contributed by atoms with Crippen LogP contribution in [0.15, 0.2) is 6.20 Å². The Balaban J connectivity index is 2.91. The van der Waals surface area contributed by atoms with Gasteiger partial charge in [0.15, 0.2) is 0 Å². The molecule has 0 radical (unpaired) electrons. The van der Waals surface area contributed by atoms with E-state index in [9.17, 15) is 0 Å². The fourth-order valence-electron chi connectivity index (χ4n) is 0.931. The summed E-state index contributed by atoms with van der Waals surface area (Å²) in [7, 11) is 1.43. The van der Waals surface area contributed by atoms with Crippen LogP contribution in [0, 0.1) is 0 Å². The molecule has 0 aliphatic carbocycles. The number of hydrogen-bond acceptors (Lipinski definition) is 2. The molecule has 0 aliphatic rings. The standard InChI is InChI=1S/C8H19N3P2/c1-7(2)8-5-11(10-9-8)13(3,4)6-12/h5,7,13H,6,12H2,1-4H3. The van der Waals surface area contributed by atoms with Crippen LogP contribution in [-0.4, -0.2) is 34.0 Å². The van der Waals surface area contributed by atoms with Crippen molar-refractivity contribution in [1.29, 1.82) is 0 Å². The molecule has 0 saturated heterocycles. The van der Waals surface area contributed by atoms with Gasteiger partial charge in [-0.15, -0.1) is 0 Å². The predicted molar refractivity (Wildman–Crippen MR) is 64.2 cm³/mol. The summed E-state index contributed by atoms with van der Waals surface area (Å²) >= 11 is 0.